The number of carbonyl (C=O) groups is 1. The number of halogens is 2. The van der Waals surface area contributed by atoms with Crippen molar-refractivity contribution in [1.82, 2.24) is 0 Å². The van der Waals surface area contributed by atoms with E-state index in [0.29, 0.717) is 16.7 Å². The predicted molar refractivity (Wildman–Crippen MR) is 98.5 cm³/mol. The van der Waals surface area contributed by atoms with Gasteiger partial charge in [-0.3, -0.25) is 0 Å². The largest absolute Gasteiger partial charge is 0.457 e. The Balaban J connectivity index is 1.89. The Bertz CT molecular complexity index is 949. The average Bonchev–Trinajstić information content (AvgIpc) is 2.52. The van der Waals surface area contributed by atoms with Crippen molar-refractivity contribution < 1.29 is 13.9 Å². The second-order valence-corrected chi connectivity index (χ2v) is 6.87. The average molecular weight is 485 g/mol. The smallest absolute Gasteiger partial charge is 0.339 e. The van der Waals surface area contributed by atoms with Gasteiger partial charge in [0.15, 0.2) is 0 Å². The molecule has 0 saturated heterocycles. The first-order valence-corrected chi connectivity index (χ1v) is 8.56. The van der Waals surface area contributed by atoms with Crippen molar-refractivity contribution in [3.8, 4) is 0 Å². The zero-order valence-electron chi connectivity index (χ0n) is 11.7. The van der Waals surface area contributed by atoms with Gasteiger partial charge in [0.2, 0.25) is 0 Å². The van der Waals surface area contributed by atoms with E-state index in [9.17, 15) is 9.59 Å². The minimum atomic E-state index is -0.476. The SMILES string of the molecule is O=C(OCc1cc(=O)oc2cc(Br)ccc12)c1ccccc1I. The topological polar surface area (TPSA) is 56.5 Å². The molecular formula is C17H10BrIO4. The first-order chi connectivity index (χ1) is 11.0. The molecule has 0 radical (unpaired) electrons. The van der Waals surface area contributed by atoms with Gasteiger partial charge in [-0.1, -0.05) is 28.1 Å². The molecule has 3 rings (SSSR count). The third-order valence-corrected chi connectivity index (χ3v) is 4.68. The van der Waals surface area contributed by atoms with Crippen LogP contribution in [0.1, 0.15) is 15.9 Å². The van der Waals surface area contributed by atoms with Gasteiger partial charge in [0.1, 0.15) is 12.2 Å². The van der Waals surface area contributed by atoms with Crippen LogP contribution in [-0.2, 0) is 11.3 Å². The summed E-state index contributed by atoms with van der Waals surface area (Å²) in [6.45, 7) is 0.00748. The summed E-state index contributed by atoms with van der Waals surface area (Å²) in [5.41, 5.74) is 1.09. The standard InChI is InChI=1S/C17H10BrIO4/c18-11-5-6-12-10(7-16(20)23-15(12)8-11)9-22-17(21)13-3-1-2-4-14(13)19/h1-8H,9H2. The number of hydrogen-bond donors (Lipinski definition) is 0. The third kappa shape index (κ3) is 3.64. The molecule has 0 saturated carbocycles. The maximum Gasteiger partial charge on any atom is 0.339 e. The summed E-state index contributed by atoms with van der Waals surface area (Å²) in [6, 6.07) is 13.9. The van der Waals surface area contributed by atoms with Crippen molar-refractivity contribution in [2.75, 3.05) is 0 Å². The highest BCUT2D eigenvalue weighted by Gasteiger charge is 2.13. The third-order valence-electron chi connectivity index (χ3n) is 3.24. The Labute approximate surface area is 153 Å². The molecule has 0 atom stereocenters. The van der Waals surface area contributed by atoms with Gasteiger partial charge >= 0.3 is 11.6 Å². The van der Waals surface area contributed by atoms with Gasteiger partial charge in [-0.15, -0.1) is 0 Å². The summed E-state index contributed by atoms with van der Waals surface area (Å²) >= 11 is 5.42. The van der Waals surface area contributed by atoms with Crippen molar-refractivity contribution >= 4 is 55.5 Å². The van der Waals surface area contributed by atoms with Crippen LogP contribution in [-0.4, -0.2) is 5.97 Å². The summed E-state index contributed by atoms with van der Waals surface area (Å²) in [5.74, 6) is -0.423. The number of fused-ring (bicyclic) bond motifs is 1. The van der Waals surface area contributed by atoms with Crippen molar-refractivity contribution in [3.63, 3.8) is 0 Å². The fourth-order valence-corrected chi connectivity index (χ4v) is 3.12. The van der Waals surface area contributed by atoms with Crippen LogP contribution < -0.4 is 5.63 Å². The summed E-state index contributed by atoms with van der Waals surface area (Å²) in [4.78, 5) is 23.8. The molecule has 0 aliphatic rings. The number of esters is 1. The van der Waals surface area contributed by atoms with Gasteiger partial charge in [0, 0.05) is 25.1 Å². The first-order valence-electron chi connectivity index (χ1n) is 6.68. The van der Waals surface area contributed by atoms with E-state index in [2.05, 4.69) is 38.5 Å². The fourth-order valence-electron chi connectivity index (χ4n) is 2.17. The molecule has 0 bridgehead atoms. The molecule has 0 N–H and O–H groups in total. The molecule has 0 aliphatic carbocycles. The summed E-state index contributed by atoms with van der Waals surface area (Å²) in [6.07, 6.45) is 0. The second kappa shape index (κ2) is 6.84. The lowest BCUT2D eigenvalue weighted by molar-refractivity contribution is 0.0472. The molecule has 2 aromatic carbocycles. The molecule has 0 fully saturated rings. The molecule has 0 aliphatic heterocycles. The Hall–Kier alpha value is -1.67. The Kier molecular flexibility index (Phi) is 4.82. The molecule has 4 nitrogen and oxygen atoms in total. The maximum absolute atomic E-state index is 12.2. The predicted octanol–water partition coefficient (Wildman–Crippen LogP) is 4.52. The van der Waals surface area contributed by atoms with Gasteiger partial charge < -0.3 is 9.15 Å². The lowest BCUT2D eigenvalue weighted by Crippen LogP contribution is -2.09. The Morgan fingerprint density at radius 3 is 2.74 bits per heavy atom. The number of carbonyl (C=O) groups excluding carboxylic acids is 1. The van der Waals surface area contributed by atoms with Crippen LogP contribution in [0.25, 0.3) is 11.0 Å². The summed E-state index contributed by atoms with van der Waals surface area (Å²) in [5, 5.41) is 0.739. The van der Waals surface area contributed by atoms with Gasteiger partial charge in [0.25, 0.3) is 0 Å². The molecular weight excluding hydrogens is 475 g/mol. The minimum absolute atomic E-state index is 0.00748. The zero-order valence-corrected chi connectivity index (χ0v) is 15.5. The van der Waals surface area contributed by atoms with Crippen LogP contribution >= 0.6 is 38.5 Å². The van der Waals surface area contributed by atoms with Crippen molar-refractivity contribution in [3.05, 3.63) is 78.1 Å². The first kappa shape index (κ1) is 16.2. The van der Waals surface area contributed by atoms with E-state index < -0.39 is 11.6 Å². The Morgan fingerprint density at radius 1 is 1.17 bits per heavy atom. The highest BCUT2D eigenvalue weighted by atomic mass is 127. The lowest BCUT2D eigenvalue weighted by atomic mass is 10.1. The monoisotopic (exact) mass is 484 g/mol. The molecule has 1 heterocycles. The van der Waals surface area contributed by atoms with Gasteiger partial charge in [-0.25, -0.2) is 9.59 Å². The zero-order chi connectivity index (χ0) is 16.4. The summed E-state index contributed by atoms with van der Waals surface area (Å²) < 4.78 is 12.1. The summed E-state index contributed by atoms with van der Waals surface area (Å²) in [7, 11) is 0. The van der Waals surface area contributed by atoms with E-state index in [1.807, 2.05) is 24.3 Å². The van der Waals surface area contributed by atoms with Crippen molar-refractivity contribution in [2.45, 2.75) is 6.61 Å². The van der Waals surface area contributed by atoms with E-state index in [0.717, 1.165) is 13.4 Å². The van der Waals surface area contributed by atoms with E-state index in [1.54, 1.807) is 18.2 Å². The fraction of sp³-hybridized carbons (Fsp3) is 0.0588. The van der Waals surface area contributed by atoms with Crippen LogP contribution in [0.5, 0.6) is 0 Å². The normalized spacial score (nSPS) is 10.7. The van der Waals surface area contributed by atoms with Crippen molar-refractivity contribution in [1.29, 1.82) is 0 Å². The number of rotatable bonds is 3. The van der Waals surface area contributed by atoms with Gasteiger partial charge in [0.05, 0.1) is 5.56 Å². The Morgan fingerprint density at radius 2 is 1.96 bits per heavy atom. The van der Waals surface area contributed by atoms with Crippen molar-refractivity contribution in [2.24, 2.45) is 0 Å². The number of hydrogen-bond acceptors (Lipinski definition) is 4. The van der Waals surface area contributed by atoms with Crippen LogP contribution in [0.3, 0.4) is 0 Å². The quantitative estimate of drug-likeness (QED) is 0.311. The van der Waals surface area contributed by atoms with E-state index >= 15 is 0 Å². The second-order valence-electron chi connectivity index (χ2n) is 4.79. The van der Waals surface area contributed by atoms with E-state index in [1.165, 1.54) is 6.07 Å². The number of ether oxygens (including phenoxy) is 1. The van der Waals surface area contributed by atoms with Crippen LogP contribution in [0.4, 0.5) is 0 Å². The number of benzene rings is 2. The van der Waals surface area contributed by atoms with Crippen LogP contribution in [0, 0.1) is 3.57 Å². The minimum Gasteiger partial charge on any atom is -0.457 e. The molecule has 1 aromatic heterocycles. The van der Waals surface area contributed by atoms with Crippen LogP contribution in [0.15, 0.2) is 62.2 Å². The highest BCUT2D eigenvalue weighted by molar-refractivity contribution is 14.1. The highest BCUT2D eigenvalue weighted by Crippen LogP contribution is 2.22. The van der Waals surface area contributed by atoms with E-state index in [-0.39, 0.29) is 6.61 Å². The molecule has 0 spiro atoms. The molecule has 23 heavy (non-hydrogen) atoms. The van der Waals surface area contributed by atoms with Gasteiger partial charge in [-0.2, -0.15) is 0 Å². The molecule has 3 aromatic rings. The lowest BCUT2D eigenvalue weighted by Gasteiger charge is -2.08. The molecule has 0 amide bonds. The molecule has 6 heteroatoms. The van der Waals surface area contributed by atoms with Gasteiger partial charge in [-0.05, 0) is 52.9 Å². The maximum atomic E-state index is 12.2. The van der Waals surface area contributed by atoms with Crippen LogP contribution in [0.2, 0.25) is 0 Å². The molecule has 116 valence electrons. The molecule has 0 unspecified atom stereocenters. The van der Waals surface area contributed by atoms with E-state index in [4.69, 9.17) is 9.15 Å².